The van der Waals surface area contributed by atoms with E-state index in [1.165, 1.54) is 0 Å². The summed E-state index contributed by atoms with van der Waals surface area (Å²) in [5.41, 5.74) is 11.9. The number of aliphatic hydroxyl groups excluding tert-OH is 1. The van der Waals surface area contributed by atoms with Gasteiger partial charge in [-0.05, 0) is 55.3 Å². The number of hydrogen-bond donors (Lipinski definition) is 8. The fourth-order valence-electron chi connectivity index (χ4n) is 7.34. The van der Waals surface area contributed by atoms with E-state index in [1.807, 2.05) is 27.7 Å². The fraction of sp³-hybridized carbons (Fsp3) is 0.895. The van der Waals surface area contributed by atoms with Gasteiger partial charge in [-0.1, -0.05) is 86.5 Å². The number of nitrogens with one attached hydrogen (secondary N) is 4. The van der Waals surface area contributed by atoms with E-state index in [9.17, 15) is 38.3 Å². The summed E-state index contributed by atoms with van der Waals surface area (Å²) in [6.45, 7) is 10.1. The molecule has 0 radical (unpaired) electrons. The van der Waals surface area contributed by atoms with Gasteiger partial charge in [-0.2, -0.15) is 0 Å². The molecule has 56 heavy (non-hydrogen) atoms. The van der Waals surface area contributed by atoms with Crippen molar-refractivity contribution in [2.45, 2.75) is 143 Å². The van der Waals surface area contributed by atoms with Crippen LogP contribution < -0.4 is 32.7 Å². The SMILES string of the molecule is CCC(C)[C@H](NC(=O)[C@@H](N)C(C)C)C(=O)NC[C@H](CP(=O)(O)CC1CCCCC1)OP(=O)(CC1CCCCC1)C[C@H](O)CNC(=O)CNC(=O)[C@@H](N)C(C)C.O. The van der Waals surface area contributed by atoms with Crippen LogP contribution in [-0.4, -0.2) is 114 Å². The third-order valence-electron chi connectivity index (χ3n) is 11.1. The molecular weight excluding hydrogens is 762 g/mol. The molecule has 8 atom stereocenters. The summed E-state index contributed by atoms with van der Waals surface area (Å²) in [6.07, 6.45) is 7.15. The van der Waals surface area contributed by atoms with Gasteiger partial charge in [0.25, 0.3) is 0 Å². The lowest BCUT2D eigenvalue weighted by molar-refractivity contribution is -0.131. The second-order valence-electron chi connectivity index (χ2n) is 17.0. The number of rotatable bonds is 24. The van der Waals surface area contributed by atoms with Crippen LogP contribution in [0.5, 0.6) is 0 Å². The molecule has 2 fully saturated rings. The van der Waals surface area contributed by atoms with Crippen LogP contribution in [0.25, 0.3) is 0 Å². The molecule has 2 aliphatic carbocycles. The first kappa shape index (κ1) is 52.1. The maximum absolute atomic E-state index is 14.9. The van der Waals surface area contributed by atoms with Gasteiger partial charge in [-0.3, -0.25) is 28.3 Å². The van der Waals surface area contributed by atoms with Crippen molar-refractivity contribution >= 4 is 38.4 Å². The predicted octanol–water partition coefficient (Wildman–Crippen LogP) is 2.46. The lowest BCUT2D eigenvalue weighted by atomic mass is 9.91. The molecule has 0 bridgehead atoms. The molecule has 18 heteroatoms. The van der Waals surface area contributed by atoms with Gasteiger partial charge in [0.2, 0.25) is 38.4 Å². The van der Waals surface area contributed by atoms with E-state index < -0.39 is 68.7 Å². The Bertz CT molecular complexity index is 1310. The third-order valence-corrected chi connectivity index (χ3v) is 15.9. The quantitative estimate of drug-likeness (QED) is 0.0654. The number of nitrogens with two attached hydrogens (primary N) is 2. The Labute approximate surface area is 335 Å². The molecule has 16 nitrogen and oxygen atoms in total. The van der Waals surface area contributed by atoms with Gasteiger partial charge < -0.3 is 52.7 Å². The maximum atomic E-state index is 14.9. The first-order chi connectivity index (χ1) is 25.8. The largest absolute Gasteiger partial charge is 0.412 e. The van der Waals surface area contributed by atoms with Crippen LogP contribution in [0.15, 0.2) is 0 Å². The average Bonchev–Trinajstić information content (AvgIpc) is 3.13. The summed E-state index contributed by atoms with van der Waals surface area (Å²) in [5.74, 6) is -2.42. The van der Waals surface area contributed by atoms with E-state index in [1.54, 1.807) is 13.8 Å². The van der Waals surface area contributed by atoms with E-state index in [0.29, 0.717) is 6.42 Å². The zero-order chi connectivity index (χ0) is 41.3. The minimum absolute atomic E-state index is 0. The van der Waals surface area contributed by atoms with Crippen molar-refractivity contribution in [1.29, 1.82) is 0 Å². The van der Waals surface area contributed by atoms with Crippen molar-refractivity contribution in [1.82, 2.24) is 21.3 Å². The van der Waals surface area contributed by atoms with Gasteiger partial charge in [0.05, 0.1) is 43.2 Å². The van der Waals surface area contributed by atoms with E-state index in [2.05, 4.69) is 21.3 Å². The Morgan fingerprint density at radius 2 is 1.25 bits per heavy atom. The highest BCUT2D eigenvalue weighted by Gasteiger charge is 2.38. The Morgan fingerprint density at radius 1 is 0.732 bits per heavy atom. The predicted molar refractivity (Wildman–Crippen MR) is 221 cm³/mol. The number of aliphatic hydroxyl groups is 1. The summed E-state index contributed by atoms with van der Waals surface area (Å²) >= 11 is 0. The van der Waals surface area contributed by atoms with E-state index in [-0.39, 0.29) is 79.3 Å². The van der Waals surface area contributed by atoms with Crippen molar-refractivity contribution in [3.8, 4) is 0 Å². The molecule has 0 aromatic heterocycles. The Morgan fingerprint density at radius 3 is 1.77 bits per heavy atom. The molecule has 0 heterocycles. The van der Waals surface area contributed by atoms with Crippen molar-refractivity contribution < 1.29 is 48.3 Å². The van der Waals surface area contributed by atoms with Crippen molar-refractivity contribution in [3.05, 3.63) is 0 Å². The van der Waals surface area contributed by atoms with Gasteiger partial charge in [0.15, 0.2) is 0 Å². The third kappa shape index (κ3) is 19.2. The molecule has 0 aromatic carbocycles. The normalized spacial score (nSPS) is 20.9. The summed E-state index contributed by atoms with van der Waals surface area (Å²) < 4.78 is 35.1. The number of amides is 4. The second-order valence-corrected chi connectivity index (χ2v) is 22.0. The van der Waals surface area contributed by atoms with Gasteiger partial charge in [0, 0.05) is 25.4 Å². The van der Waals surface area contributed by atoms with Crippen molar-refractivity contribution in [2.24, 2.45) is 41.1 Å². The smallest absolute Gasteiger partial charge is 0.242 e. The lowest BCUT2D eigenvalue weighted by Gasteiger charge is -2.33. The van der Waals surface area contributed by atoms with Crippen LogP contribution in [0, 0.1) is 29.6 Å². The highest BCUT2D eigenvalue weighted by molar-refractivity contribution is 7.59. The summed E-state index contributed by atoms with van der Waals surface area (Å²) in [6, 6.07) is -2.53. The number of hydrogen-bond acceptors (Lipinski definition) is 10. The Hall–Kier alpha value is -1.90. The number of carbonyl (C=O) groups excluding carboxylic acids is 4. The first-order valence-electron chi connectivity index (χ1n) is 20.6. The minimum atomic E-state index is -3.84. The molecule has 0 saturated heterocycles. The van der Waals surface area contributed by atoms with Crippen molar-refractivity contribution in [2.75, 3.05) is 44.3 Å². The molecule has 0 aromatic rings. The molecule has 12 N–H and O–H groups in total. The molecule has 2 saturated carbocycles. The molecule has 4 amide bonds. The lowest BCUT2D eigenvalue weighted by Crippen LogP contribution is -2.56. The zero-order valence-electron chi connectivity index (χ0n) is 34.8. The van der Waals surface area contributed by atoms with Gasteiger partial charge in [0.1, 0.15) is 6.04 Å². The summed E-state index contributed by atoms with van der Waals surface area (Å²) in [5, 5.41) is 21.7. The number of carbonyl (C=O) groups is 4. The van der Waals surface area contributed by atoms with Gasteiger partial charge in [-0.25, -0.2) is 0 Å². The van der Waals surface area contributed by atoms with Crippen LogP contribution >= 0.6 is 14.7 Å². The summed E-state index contributed by atoms with van der Waals surface area (Å²) in [7, 11) is -7.59. The molecule has 0 spiro atoms. The first-order valence-corrected chi connectivity index (χ1v) is 24.7. The van der Waals surface area contributed by atoms with Crippen molar-refractivity contribution in [3.63, 3.8) is 0 Å². The highest BCUT2D eigenvalue weighted by atomic mass is 31.2. The van der Waals surface area contributed by atoms with Crippen LogP contribution in [0.3, 0.4) is 0 Å². The topological polar surface area (TPSA) is 284 Å². The fourth-order valence-corrected chi connectivity index (χ4v) is 12.6. The molecule has 3 unspecified atom stereocenters. The Balaban J connectivity index is 0.0000157. The van der Waals surface area contributed by atoms with E-state index >= 15 is 0 Å². The van der Waals surface area contributed by atoms with Crippen LogP contribution in [0.4, 0.5) is 0 Å². The van der Waals surface area contributed by atoms with Gasteiger partial charge >= 0.3 is 0 Å². The molecule has 2 aliphatic rings. The Kier molecular flexibility index (Phi) is 23.8. The molecular formula is C38H76N6O10P2. The standard InChI is InChI=1S/C38H74N6O9P2.H2O/c1-7-27(6)35(44-37(48)34(40)26(4)5)38(49)42-19-31(24-54(50,51)21-28-14-10-8-11-15-28)53-55(52,22-29-16-12-9-13-17-29)23-30(45)18-41-32(46)20-43-36(47)33(39)25(2)3;/h25-31,33-35,45H,7-24,39-40H2,1-6H3,(H,41,46)(H,42,49)(H,43,47)(H,44,48)(H,50,51);1H2/t27?,30-,31-,33+,34+,35+,55?;/m1./s1. The highest BCUT2D eigenvalue weighted by Crippen LogP contribution is 2.54. The van der Waals surface area contributed by atoms with Crippen LogP contribution in [0.1, 0.15) is 112 Å². The molecule has 0 aliphatic heterocycles. The maximum Gasteiger partial charge on any atom is 0.242 e. The molecule has 328 valence electrons. The second kappa shape index (κ2) is 25.6. The van der Waals surface area contributed by atoms with Crippen LogP contribution in [-0.2, 0) is 32.8 Å². The van der Waals surface area contributed by atoms with E-state index in [4.69, 9.17) is 16.0 Å². The monoisotopic (exact) mass is 839 g/mol. The zero-order valence-corrected chi connectivity index (χ0v) is 36.6. The molecule has 2 rings (SSSR count). The van der Waals surface area contributed by atoms with Crippen LogP contribution in [0.2, 0.25) is 0 Å². The average molecular weight is 839 g/mol. The summed E-state index contributed by atoms with van der Waals surface area (Å²) in [4.78, 5) is 62.7. The minimum Gasteiger partial charge on any atom is -0.412 e. The van der Waals surface area contributed by atoms with E-state index in [0.717, 1.165) is 64.2 Å². The van der Waals surface area contributed by atoms with Gasteiger partial charge in [-0.15, -0.1) is 0 Å².